The first-order valence-corrected chi connectivity index (χ1v) is 8.16. The van der Waals surface area contributed by atoms with Gasteiger partial charge in [0.2, 0.25) is 0 Å². The summed E-state index contributed by atoms with van der Waals surface area (Å²) in [5.41, 5.74) is -0.889. The Morgan fingerprint density at radius 2 is 2.00 bits per heavy atom. The Kier molecular flexibility index (Phi) is 4.51. The number of aromatic nitrogens is 2. The molecule has 0 saturated carbocycles. The minimum atomic E-state index is -4.51. The van der Waals surface area contributed by atoms with Gasteiger partial charge in [-0.05, 0) is 41.1 Å². The maximum absolute atomic E-state index is 14.5. The first kappa shape index (κ1) is 18.4. The Balaban J connectivity index is 2.15. The summed E-state index contributed by atoms with van der Waals surface area (Å²) in [6.07, 6.45) is -3.25. The fourth-order valence-corrected chi connectivity index (χ4v) is 3.43. The van der Waals surface area contributed by atoms with Crippen LogP contribution in [0, 0.1) is 5.82 Å². The third kappa shape index (κ3) is 3.07. The molecule has 1 N–H and O–H groups in total. The Hall–Kier alpha value is -2.42. The molecule has 0 saturated heterocycles. The van der Waals surface area contributed by atoms with Gasteiger partial charge < -0.3 is 5.11 Å². The fourth-order valence-electron chi connectivity index (χ4n) is 2.77. The number of hydrogen-bond acceptors (Lipinski definition) is 2. The minimum absolute atomic E-state index is 0.0710. The standard InChI is InChI=1S/C17H11BrF4N2O2/c1-8(11-3-2-4-12(14(11)19)16(25)26)24-15-9(7-23-24)5-10(6-13(15)18)17(20,21)22/h2-8H,1H3,(H,25,26). The highest BCUT2D eigenvalue weighted by Gasteiger charge is 2.32. The molecule has 9 heteroatoms. The number of halogens is 5. The van der Waals surface area contributed by atoms with Crippen molar-refractivity contribution in [1.82, 2.24) is 9.78 Å². The van der Waals surface area contributed by atoms with Gasteiger partial charge in [0.05, 0.1) is 28.9 Å². The second-order valence-corrected chi connectivity index (χ2v) is 6.53. The molecule has 3 rings (SSSR count). The molecule has 0 bridgehead atoms. The van der Waals surface area contributed by atoms with Crippen LogP contribution < -0.4 is 0 Å². The Morgan fingerprint density at radius 3 is 2.62 bits per heavy atom. The van der Waals surface area contributed by atoms with Crippen molar-refractivity contribution >= 4 is 32.8 Å². The first-order chi connectivity index (χ1) is 12.1. The summed E-state index contributed by atoms with van der Waals surface area (Å²) in [5.74, 6) is -2.31. The molecule has 4 nitrogen and oxygen atoms in total. The number of hydrogen-bond donors (Lipinski definition) is 1. The van der Waals surface area contributed by atoms with Crippen LogP contribution in [0.5, 0.6) is 0 Å². The second-order valence-electron chi connectivity index (χ2n) is 5.67. The molecule has 0 radical (unpaired) electrons. The van der Waals surface area contributed by atoms with Crippen molar-refractivity contribution < 1.29 is 27.5 Å². The summed E-state index contributed by atoms with van der Waals surface area (Å²) in [5, 5.41) is 13.4. The fraction of sp³-hybridized carbons (Fsp3) is 0.176. The molecule has 0 aliphatic carbocycles. The summed E-state index contributed by atoms with van der Waals surface area (Å²) in [7, 11) is 0. The number of alkyl halides is 3. The lowest BCUT2D eigenvalue weighted by molar-refractivity contribution is -0.137. The van der Waals surface area contributed by atoms with Crippen molar-refractivity contribution in [3.05, 3.63) is 63.5 Å². The van der Waals surface area contributed by atoms with Gasteiger partial charge in [0.1, 0.15) is 5.82 Å². The SMILES string of the molecule is CC(c1cccc(C(=O)O)c1F)n1ncc2cc(C(F)(F)F)cc(Br)c21. The monoisotopic (exact) mass is 430 g/mol. The summed E-state index contributed by atoms with van der Waals surface area (Å²) >= 11 is 3.12. The topological polar surface area (TPSA) is 55.1 Å². The van der Waals surface area contributed by atoms with Crippen LogP contribution in [0.1, 0.15) is 34.5 Å². The highest BCUT2D eigenvalue weighted by Crippen LogP contribution is 2.37. The van der Waals surface area contributed by atoms with Gasteiger partial charge >= 0.3 is 12.1 Å². The molecule has 1 heterocycles. The zero-order chi connectivity index (χ0) is 19.2. The van der Waals surface area contributed by atoms with Crippen LogP contribution in [-0.4, -0.2) is 20.9 Å². The van der Waals surface area contributed by atoms with Gasteiger partial charge in [0, 0.05) is 15.4 Å². The van der Waals surface area contributed by atoms with Crippen LogP contribution in [0.3, 0.4) is 0 Å². The van der Waals surface area contributed by atoms with Crippen LogP contribution in [0.4, 0.5) is 17.6 Å². The largest absolute Gasteiger partial charge is 0.478 e. The lowest BCUT2D eigenvalue weighted by Gasteiger charge is -2.17. The van der Waals surface area contributed by atoms with Gasteiger partial charge in [-0.2, -0.15) is 18.3 Å². The molecule has 1 unspecified atom stereocenters. The molecule has 3 aromatic rings. The van der Waals surface area contributed by atoms with Gasteiger partial charge in [0.15, 0.2) is 0 Å². The van der Waals surface area contributed by atoms with Crippen LogP contribution in [0.15, 0.2) is 41.0 Å². The van der Waals surface area contributed by atoms with Crippen LogP contribution in [0.25, 0.3) is 10.9 Å². The van der Waals surface area contributed by atoms with Gasteiger partial charge in [-0.25, -0.2) is 9.18 Å². The molecule has 0 aliphatic heterocycles. The third-order valence-electron chi connectivity index (χ3n) is 4.05. The van der Waals surface area contributed by atoms with E-state index < -0.39 is 35.1 Å². The minimum Gasteiger partial charge on any atom is -0.478 e. The lowest BCUT2D eigenvalue weighted by atomic mass is 10.0. The van der Waals surface area contributed by atoms with Gasteiger partial charge in [-0.1, -0.05) is 12.1 Å². The maximum atomic E-state index is 14.5. The van der Waals surface area contributed by atoms with E-state index in [2.05, 4.69) is 21.0 Å². The average molecular weight is 431 g/mol. The predicted molar refractivity (Wildman–Crippen MR) is 89.6 cm³/mol. The highest BCUT2D eigenvalue weighted by atomic mass is 79.9. The van der Waals surface area contributed by atoms with E-state index in [4.69, 9.17) is 5.11 Å². The summed E-state index contributed by atoms with van der Waals surface area (Å²) < 4.78 is 54.8. The average Bonchev–Trinajstić information content (AvgIpc) is 2.98. The predicted octanol–water partition coefficient (Wildman–Crippen LogP) is 5.26. The smallest absolute Gasteiger partial charge is 0.416 e. The van der Waals surface area contributed by atoms with E-state index >= 15 is 0 Å². The number of carboxylic acid groups (broad SMARTS) is 1. The Bertz CT molecular complexity index is 1010. The van der Waals surface area contributed by atoms with Crippen molar-refractivity contribution in [3.63, 3.8) is 0 Å². The molecule has 1 aromatic heterocycles. The van der Waals surface area contributed by atoms with Crippen molar-refractivity contribution in [3.8, 4) is 0 Å². The van der Waals surface area contributed by atoms with Crippen molar-refractivity contribution in [1.29, 1.82) is 0 Å². The number of rotatable bonds is 3. The van der Waals surface area contributed by atoms with Gasteiger partial charge in [-0.3, -0.25) is 4.68 Å². The number of carbonyl (C=O) groups is 1. The van der Waals surface area contributed by atoms with E-state index in [-0.39, 0.29) is 15.4 Å². The van der Waals surface area contributed by atoms with E-state index in [0.717, 1.165) is 18.2 Å². The van der Waals surface area contributed by atoms with Crippen LogP contribution >= 0.6 is 15.9 Å². The Morgan fingerprint density at radius 1 is 1.31 bits per heavy atom. The summed E-state index contributed by atoms with van der Waals surface area (Å²) in [6.45, 7) is 1.58. The maximum Gasteiger partial charge on any atom is 0.416 e. The van der Waals surface area contributed by atoms with E-state index in [1.165, 1.54) is 23.0 Å². The Labute approximate surface area is 153 Å². The first-order valence-electron chi connectivity index (χ1n) is 7.37. The molecule has 0 aliphatic rings. The quantitative estimate of drug-likeness (QED) is 0.576. The summed E-state index contributed by atoms with van der Waals surface area (Å²) in [6, 6.07) is 5.11. The number of aromatic carboxylic acids is 1. The van der Waals surface area contributed by atoms with Crippen LogP contribution in [0.2, 0.25) is 0 Å². The zero-order valence-electron chi connectivity index (χ0n) is 13.2. The molecule has 1 atom stereocenters. The molecule has 0 spiro atoms. The van der Waals surface area contributed by atoms with Gasteiger partial charge in [-0.15, -0.1) is 0 Å². The zero-order valence-corrected chi connectivity index (χ0v) is 14.8. The molecule has 0 amide bonds. The second kappa shape index (κ2) is 6.39. The molecule has 2 aromatic carbocycles. The highest BCUT2D eigenvalue weighted by molar-refractivity contribution is 9.10. The lowest BCUT2D eigenvalue weighted by Crippen LogP contribution is -2.13. The number of fused-ring (bicyclic) bond motifs is 1. The number of carboxylic acids is 1. The van der Waals surface area contributed by atoms with E-state index in [9.17, 15) is 22.4 Å². The van der Waals surface area contributed by atoms with Crippen LogP contribution in [-0.2, 0) is 6.18 Å². The molecule has 26 heavy (non-hydrogen) atoms. The van der Waals surface area contributed by atoms with Gasteiger partial charge in [0.25, 0.3) is 0 Å². The number of benzene rings is 2. The molecular weight excluding hydrogens is 420 g/mol. The molecular formula is C17H11BrF4N2O2. The van der Waals surface area contributed by atoms with Crippen molar-refractivity contribution in [2.24, 2.45) is 0 Å². The molecule has 0 fully saturated rings. The van der Waals surface area contributed by atoms with E-state index in [0.29, 0.717) is 5.52 Å². The third-order valence-corrected chi connectivity index (χ3v) is 4.65. The summed E-state index contributed by atoms with van der Waals surface area (Å²) in [4.78, 5) is 11.1. The van der Waals surface area contributed by atoms with Crippen molar-refractivity contribution in [2.45, 2.75) is 19.1 Å². The van der Waals surface area contributed by atoms with Crippen molar-refractivity contribution in [2.75, 3.05) is 0 Å². The molecule has 136 valence electrons. The number of nitrogens with zero attached hydrogens (tertiary/aromatic N) is 2. The van der Waals surface area contributed by atoms with E-state index in [1.807, 2.05) is 0 Å². The van der Waals surface area contributed by atoms with E-state index in [1.54, 1.807) is 6.92 Å². The normalized spacial score (nSPS) is 13.2.